The highest BCUT2D eigenvalue weighted by Crippen LogP contribution is 2.34. The fourth-order valence-corrected chi connectivity index (χ4v) is 4.34. The van der Waals surface area contributed by atoms with Crippen molar-refractivity contribution in [3.63, 3.8) is 0 Å². The van der Waals surface area contributed by atoms with E-state index in [0.29, 0.717) is 28.4 Å². The zero-order valence-corrected chi connectivity index (χ0v) is 17.3. The van der Waals surface area contributed by atoms with Gasteiger partial charge in [-0.05, 0) is 61.7 Å². The van der Waals surface area contributed by atoms with Crippen molar-refractivity contribution in [2.24, 2.45) is 5.92 Å². The minimum Gasteiger partial charge on any atom is -0.345 e. The largest absolute Gasteiger partial charge is 0.345 e. The summed E-state index contributed by atoms with van der Waals surface area (Å²) in [6, 6.07) is 16.9. The van der Waals surface area contributed by atoms with Gasteiger partial charge in [-0.3, -0.25) is 4.79 Å². The van der Waals surface area contributed by atoms with E-state index in [1.54, 1.807) is 12.1 Å². The number of imidazole rings is 1. The van der Waals surface area contributed by atoms with E-state index in [1.807, 2.05) is 42.6 Å². The molecule has 1 aliphatic heterocycles. The number of H-pyrrole nitrogens is 1. The second-order valence-corrected chi connectivity index (χ2v) is 8.10. The molecule has 6 heteroatoms. The van der Waals surface area contributed by atoms with Gasteiger partial charge in [0.1, 0.15) is 5.82 Å². The van der Waals surface area contributed by atoms with Gasteiger partial charge in [-0.15, -0.1) is 0 Å². The lowest BCUT2D eigenvalue weighted by molar-refractivity contribution is 0.0911. The molecule has 1 aliphatic rings. The lowest BCUT2D eigenvalue weighted by Crippen LogP contribution is -2.34. The molecule has 1 unspecified atom stereocenters. The number of benzene rings is 2. The Labute approximate surface area is 181 Å². The second kappa shape index (κ2) is 9.25. The van der Waals surface area contributed by atoms with E-state index in [9.17, 15) is 4.79 Å². The number of Topliss-reactive ketones (excluding diaryl/α,β-unsaturated/α-hetero) is 1. The van der Waals surface area contributed by atoms with Gasteiger partial charge in [0.15, 0.2) is 5.78 Å². The van der Waals surface area contributed by atoms with Crippen molar-refractivity contribution in [2.75, 3.05) is 13.1 Å². The number of ketones is 1. The number of carbonyl (C=O) groups excluding carboxylic acids is 1. The van der Waals surface area contributed by atoms with Crippen molar-refractivity contribution < 1.29 is 4.79 Å². The van der Waals surface area contributed by atoms with Crippen LogP contribution in [0.3, 0.4) is 0 Å². The maximum atomic E-state index is 13.5. The Bertz CT molecular complexity index is 1060. The standard InChI is InChI=1S/C24H23ClN4O/c25-21-4-2-1-3-20(21)23(30)22(18-9-11-27-12-10-18)24-28-15-19(29-24)13-16-5-7-17(14-26)8-6-16/h1-8,15,18,22,27H,9-13H2,(H,28,29). The highest BCUT2D eigenvalue weighted by Gasteiger charge is 2.34. The smallest absolute Gasteiger partial charge is 0.175 e. The van der Waals surface area contributed by atoms with Gasteiger partial charge in [0.2, 0.25) is 0 Å². The first-order valence-corrected chi connectivity index (χ1v) is 10.6. The van der Waals surface area contributed by atoms with Crippen molar-refractivity contribution in [3.8, 4) is 6.07 Å². The monoisotopic (exact) mass is 418 g/mol. The molecule has 4 rings (SSSR count). The SMILES string of the molecule is N#Cc1ccc(Cc2cnc(C(C(=O)c3ccccc3Cl)C3CCNCC3)[nH]2)cc1. The third kappa shape index (κ3) is 4.46. The average molecular weight is 419 g/mol. The summed E-state index contributed by atoms with van der Waals surface area (Å²) in [6.45, 7) is 1.80. The van der Waals surface area contributed by atoms with Crippen LogP contribution < -0.4 is 5.32 Å². The summed E-state index contributed by atoms with van der Waals surface area (Å²) < 4.78 is 0. The van der Waals surface area contributed by atoms with Crippen LogP contribution in [0.2, 0.25) is 5.02 Å². The number of nitrogens with one attached hydrogen (secondary N) is 2. The van der Waals surface area contributed by atoms with E-state index in [1.165, 1.54) is 0 Å². The molecular weight excluding hydrogens is 396 g/mol. The maximum Gasteiger partial charge on any atom is 0.175 e. The molecule has 1 atom stereocenters. The van der Waals surface area contributed by atoms with Crippen LogP contribution in [-0.2, 0) is 6.42 Å². The minimum atomic E-state index is -0.346. The number of nitrogens with zero attached hydrogens (tertiary/aromatic N) is 2. The van der Waals surface area contributed by atoms with Crippen molar-refractivity contribution in [1.82, 2.24) is 15.3 Å². The van der Waals surface area contributed by atoms with Gasteiger partial charge in [0.05, 0.1) is 22.6 Å². The summed E-state index contributed by atoms with van der Waals surface area (Å²) >= 11 is 6.34. The minimum absolute atomic E-state index is 0.0202. The first kappa shape index (κ1) is 20.3. The Kier molecular flexibility index (Phi) is 6.27. The predicted octanol–water partition coefficient (Wildman–Crippen LogP) is 4.49. The molecule has 1 aromatic heterocycles. The zero-order chi connectivity index (χ0) is 20.9. The maximum absolute atomic E-state index is 13.5. The predicted molar refractivity (Wildman–Crippen MR) is 117 cm³/mol. The molecule has 0 aliphatic carbocycles. The van der Waals surface area contributed by atoms with Gasteiger partial charge in [0.25, 0.3) is 0 Å². The molecule has 152 valence electrons. The molecular formula is C24H23ClN4O. The lowest BCUT2D eigenvalue weighted by atomic mass is 9.79. The normalized spacial score (nSPS) is 15.5. The van der Waals surface area contributed by atoms with E-state index >= 15 is 0 Å². The summed E-state index contributed by atoms with van der Waals surface area (Å²) in [6.07, 6.45) is 4.32. The lowest BCUT2D eigenvalue weighted by Gasteiger charge is -2.29. The number of hydrogen-bond donors (Lipinski definition) is 2. The summed E-state index contributed by atoms with van der Waals surface area (Å²) in [7, 11) is 0. The molecule has 0 radical (unpaired) electrons. The van der Waals surface area contributed by atoms with E-state index in [0.717, 1.165) is 37.2 Å². The molecule has 2 aromatic carbocycles. The van der Waals surface area contributed by atoms with E-state index in [-0.39, 0.29) is 17.6 Å². The highest BCUT2D eigenvalue weighted by atomic mass is 35.5. The van der Waals surface area contributed by atoms with Crippen LogP contribution >= 0.6 is 11.6 Å². The second-order valence-electron chi connectivity index (χ2n) is 7.69. The molecule has 2 N–H and O–H groups in total. The Morgan fingerprint density at radius 1 is 1.17 bits per heavy atom. The molecule has 0 saturated carbocycles. The number of aromatic amines is 1. The molecule has 0 bridgehead atoms. The van der Waals surface area contributed by atoms with Gasteiger partial charge >= 0.3 is 0 Å². The van der Waals surface area contributed by atoms with Crippen molar-refractivity contribution >= 4 is 17.4 Å². The summed E-state index contributed by atoms with van der Waals surface area (Å²) in [5.74, 6) is 0.591. The van der Waals surface area contributed by atoms with Crippen LogP contribution in [0.5, 0.6) is 0 Å². The third-order valence-corrected chi connectivity index (χ3v) is 6.03. The first-order chi connectivity index (χ1) is 14.7. The summed E-state index contributed by atoms with van der Waals surface area (Å²) in [5.41, 5.74) is 3.22. The van der Waals surface area contributed by atoms with E-state index in [4.69, 9.17) is 16.9 Å². The molecule has 1 saturated heterocycles. The third-order valence-electron chi connectivity index (χ3n) is 5.70. The molecule has 0 amide bonds. The fraction of sp³-hybridized carbons (Fsp3) is 0.292. The Hall–Kier alpha value is -2.94. The zero-order valence-electron chi connectivity index (χ0n) is 16.6. The number of carbonyl (C=O) groups is 1. The number of rotatable bonds is 6. The molecule has 30 heavy (non-hydrogen) atoms. The molecule has 2 heterocycles. The molecule has 5 nitrogen and oxygen atoms in total. The van der Waals surface area contributed by atoms with Gasteiger partial charge < -0.3 is 10.3 Å². The Morgan fingerprint density at radius 3 is 2.60 bits per heavy atom. The number of nitriles is 1. The van der Waals surface area contributed by atoms with Crippen molar-refractivity contribution in [3.05, 3.63) is 88.0 Å². The molecule has 3 aromatic rings. The van der Waals surface area contributed by atoms with Crippen LogP contribution in [-0.4, -0.2) is 28.8 Å². The van der Waals surface area contributed by atoms with Gasteiger partial charge in [-0.2, -0.15) is 5.26 Å². The van der Waals surface area contributed by atoms with Crippen molar-refractivity contribution in [2.45, 2.75) is 25.2 Å². The number of halogens is 1. The number of piperidine rings is 1. The van der Waals surface area contributed by atoms with Gasteiger partial charge in [-0.1, -0.05) is 35.9 Å². The van der Waals surface area contributed by atoms with E-state index < -0.39 is 0 Å². The number of aromatic nitrogens is 2. The summed E-state index contributed by atoms with van der Waals surface area (Å²) in [5, 5.41) is 12.8. The first-order valence-electron chi connectivity index (χ1n) is 10.2. The van der Waals surface area contributed by atoms with Crippen molar-refractivity contribution in [1.29, 1.82) is 5.26 Å². The summed E-state index contributed by atoms with van der Waals surface area (Å²) in [4.78, 5) is 21.5. The molecule has 0 spiro atoms. The Balaban J connectivity index is 1.61. The van der Waals surface area contributed by atoms with E-state index in [2.05, 4.69) is 21.4 Å². The Morgan fingerprint density at radius 2 is 1.90 bits per heavy atom. The quantitative estimate of drug-likeness (QED) is 0.578. The highest BCUT2D eigenvalue weighted by molar-refractivity contribution is 6.34. The fourth-order valence-electron chi connectivity index (χ4n) is 4.11. The van der Waals surface area contributed by atoms with Crippen LogP contribution in [0.15, 0.2) is 54.7 Å². The topological polar surface area (TPSA) is 81.6 Å². The van der Waals surface area contributed by atoms with Crippen LogP contribution in [0.25, 0.3) is 0 Å². The van der Waals surface area contributed by atoms with Crippen LogP contribution in [0.4, 0.5) is 0 Å². The van der Waals surface area contributed by atoms with Gasteiger partial charge in [0, 0.05) is 23.9 Å². The average Bonchev–Trinajstić information content (AvgIpc) is 3.23. The molecule has 1 fully saturated rings. The van der Waals surface area contributed by atoms with Gasteiger partial charge in [-0.25, -0.2) is 4.98 Å². The van der Waals surface area contributed by atoms with Crippen LogP contribution in [0, 0.1) is 17.2 Å². The number of hydrogen-bond acceptors (Lipinski definition) is 4. The van der Waals surface area contributed by atoms with Crippen LogP contribution in [0.1, 0.15) is 51.8 Å².